The SMILES string of the molecule is O=S1(=O)CCCC(NCc2cc(F)ccc2O)C1. The fourth-order valence-corrected chi connectivity index (χ4v) is 3.80. The number of sulfone groups is 1. The standard InChI is InChI=1S/C12H16FNO3S/c13-10-3-4-12(15)9(6-10)7-14-11-2-1-5-18(16,17)8-11/h3-4,6,11,14-15H,1-2,5,7-8H2. The Morgan fingerprint density at radius 3 is 2.94 bits per heavy atom. The molecule has 4 nitrogen and oxygen atoms in total. The molecule has 0 aliphatic carbocycles. The van der Waals surface area contributed by atoms with Gasteiger partial charge in [-0.25, -0.2) is 12.8 Å². The summed E-state index contributed by atoms with van der Waals surface area (Å²) >= 11 is 0. The first-order valence-electron chi connectivity index (χ1n) is 5.87. The monoisotopic (exact) mass is 273 g/mol. The molecular formula is C12H16FNO3S. The zero-order valence-electron chi connectivity index (χ0n) is 9.89. The van der Waals surface area contributed by atoms with E-state index in [1.54, 1.807) is 0 Å². The van der Waals surface area contributed by atoms with Crippen LogP contribution >= 0.6 is 0 Å². The number of hydrogen-bond acceptors (Lipinski definition) is 4. The fraction of sp³-hybridized carbons (Fsp3) is 0.500. The molecule has 0 spiro atoms. The van der Waals surface area contributed by atoms with E-state index in [2.05, 4.69) is 5.32 Å². The van der Waals surface area contributed by atoms with E-state index >= 15 is 0 Å². The van der Waals surface area contributed by atoms with Crippen LogP contribution in [0.3, 0.4) is 0 Å². The Morgan fingerprint density at radius 2 is 2.22 bits per heavy atom. The number of halogens is 1. The Morgan fingerprint density at radius 1 is 1.44 bits per heavy atom. The van der Waals surface area contributed by atoms with Crippen LogP contribution in [0.5, 0.6) is 5.75 Å². The largest absolute Gasteiger partial charge is 0.508 e. The predicted octanol–water partition coefficient (Wildman–Crippen LogP) is 1.20. The molecule has 0 saturated carbocycles. The molecule has 1 saturated heterocycles. The maximum atomic E-state index is 13.0. The Labute approximate surface area is 106 Å². The summed E-state index contributed by atoms with van der Waals surface area (Å²) in [5.41, 5.74) is 0.443. The quantitative estimate of drug-likeness (QED) is 0.868. The normalized spacial score (nSPS) is 22.8. The van der Waals surface area contributed by atoms with E-state index in [-0.39, 0.29) is 29.8 Å². The van der Waals surface area contributed by atoms with Crippen molar-refractivity contribution in [3.05, 3.63) is 29.6 Å². The minimum absolute atomic E-state index is 0.0163. The molecule has 1 unspecified atom stereocenters. The topological polar surface area (TPSA) is 66.4 Å². The summed E-state index contributed by atoms with van der Waals surface area (Å²) in [5.74, 6) is -0.0390. The van der Waals surface area contributed by atoms with Crippen molar-refractivity contribution in [2.75, 3.05) is 11.5 Å². The molecule has 1 fully saturated rings. The van der Waals surface area contributed by atoms with Gasteiger partial charge in [0.25, 0.3) is 0 Å². The molecule has 1 atom stereocenters. The van der Waals surface area contributed by atoms with Crippen LogP contribution in [0.1, 0.15) is 18.4 Å². The Bertz CT molecular complexity index is 530. The maximum absolute atomic E-state index is 13.0. The molecule has 1 aromatic carbocycles. The van der Waals surface area contributed by atoms with Gasteiger partial charge in [0, 0.05) is 18.2 Å². The van der Waals surface area contributed by atoms with Crippen LogP contribution in [-0.4, -0.2) is 31.1 Å². The molecule has 100 valence electrons. The van der Waals surface area contributed by atoms with Crippen molar-refractivity contribution in [1.82, 2.24) is 5.32 Å². The second kappa shape index (κ2) is 5.24. The van der Waals surface area contributed by atoms with E-state index in [1.165, 1.54) is 18.2 Å². The first kappa shape index (κ1) is 13.3. The maximum Gasteiger partial charge on any atom is 0.151 e. The Balaban J connectivity index is 1.97. The van der Waals surface area contributed by atoms with Crippen molar-refractivity contribution in [2.24, 2.45) is 0 Å². The van der Waals surface area contributed by atoms with Gasteiger partial charge in [0.05, 0.1) is 11.5 Å². The van der Waals surface area contributed by atoms with Crippen LogP contribution in [0.25, 0.3) is 0 Å². The minimum Gasteiger partial charge on any atom is -0.508 e. The average molecular weight is 273 g/mol. The van der Waals surface area contributed by atoms with Gasteiger partial charge in [-0.15, -0.1) is 0 Å². The summed E-state index contributed by atoms with van der Waals surface area (Å²) in [5, 5.41) is 12.6. The molecule has 0 bridgehead atoms. The molecule has 6 heteroatoms. The molecule has 0 radical (unpaired) electrons. The molecule has 0 aromatic heterocycles. The van der Waals surface area contributed by atoms with Crippen LogP contribution in [0.15, 0.2) is 18.2 Å². The highest BCUT2D eigenvalue weighted by Crippen LogP contribution is 2.19. The van der Waals surface area contributed by atoms with Gasteiger partial charge in [-0.05, 0) is 31.0 Å². The first-order valence-corrected chi connectivity index (χ1v) is 7.69. The lowest BCUT2D eigenvalue weighted by molar-refractivity contribution is 0.446. The van der Waals surface area contributed by atoms with Gasteiger partial charge in [0.2, 0.25) is 0 Å². The van der Waals surface area contributed by atoms with E-state index in [0.29, 0.717) is 12.0 Å². The molecule has 2 rings (SSSR count). The first-order chi connectivity index (χ1) is 8.46. The third kappa shape index (κ3) is 3.43. The van der Waals surface area contributed by atoms with Crippen molar-refractivity contribution in [3.8, 4) is 5.75 Å². The van der Waals surface area contributed by atoms with Gasteiger partial charge in [0.15, 0.2) is 9.84 Å². The van der Waals surface area contributed by atoms with Crippen molar-refractivity contribution >= 4 is 9.84 Å². The van der Waals surface area contributed by atoms with E-state index < -0.39 is 15.7 Å². The van der Waals surface area contributed by atoms with Crippen molar-refractivity contribution in [3.63, 3.8) is 0 Å². The van der Waals surface area contributed by atoms with E-state index in [9.17, 15) is 17.9 Å². The number of benzene rings is 1. The molecule has 1 aliphatic rings. The number of phenolic OH excluding ortho intramolecular Hbond substituents is 1. The van der Waals surface area contributed by atoms with Gasteiger partial charge in [-0.3, -0.25) is 0 Å². The number of hydrogen-bond donors (Lipinski definition) is 2. The molecule has 1 aromatic rings. The second-order valence-electron chi connectivity index (χ2n) is 4.61. The summed E-state index contributed by atoms with van der Waals surface area (Å²) in [4.78, 5) is 0. The third-order valence-electron chi connectivity index (χ3n) is 3.09. The predicted molar refractivity (Wildman–Crippen MR) is 66.6 cm³/mol. The number of nitrogens with one attached hydrogen (secondary N) is 1. The van der Waals surface area contributed by atoms with Crippen molar-refractivity contribution in [2.45, 2.75) is 25.4 Å². The molecule has 2 N–H and O–H groups in total. The number of phenols is 1. The number of rotatable bonds is 3. The van der Waals surface area contributed by atoms with Gasteiger partial charge >= 0.3 is 0 Å². The van der Waals surface area contributed by atoms with Crippen molar-refractivity contribution in [1.29, 1.82) is 0 Å². The smallest absolute Gasteiger partial charge is 0.151 e. The average Bonchev–Trinajstić information content (AvgIpc) is 2.29. The van der Waals surface area contributed by atoms with Gasteiger partial charge in [-0.2, -0.15) is 0 Å². The van der Waals surface area contributed by atoms with Gasteiger partial charge in [-0.1, -0.05) is 0 Å². The third-order valence-corrected chi connectivity index (χ3v) is 4.91. The van der Waals surface area contributed by atoms with E-state index in [4.69, 9.17) is 0 Å². The summed E-state index contributed by atoms with van der Waals surface area (Å²) < 4.78 is 35.9. The second-order valence-corrected chi connectivity index (χ2v) is 6.84. The molecule has 1 aliphatic heterocycles. The van der Waals surface area contributed by atoms with Crippen LogP contribution in [0, 0.1) is 5.82 Å². The van der Waals surface area contributed by atoms with Crippen molar-refractivity contribution < 1.29 is 17.9 Å². The zero-order valence-corrected chi connectivity index (χ0v) is 10.7. The lowest BCUT2D eigenvalue weighted by Gasteiger charge is -2.23. The molecule has 0 amide bonds. The van der Waals surface area contributed by atoms with E-state index in [1.807, 2.05) is 0 Å². The zero-order chi connectivity index (χ0) is 13.2. The highest BCUT2D eigenvalue weighted by molar-refractivity contribution is 7.91. The van der Waals surface area contributed by atoms with Crippen LogP contribution in [0.2, 0.25) is 0 Å². The Kier molecular flexibility index (Phi) is 3.87. The lowest BCUT2D eigenvalue weighted by atomic mass is 10.1. The summed E-state index contributed by atoms with van der Waals surface area (Å²) in [6.45, 7) is 0.268. The van der Waals surface area contributed by atoms with Gasteiger partial charge in [0.1, 0.15) is 11.6 Å². The van der Waals surface area contributed by atoms with E-state index in [0.717, 1.165) is 6.42 Å². The fourth-order valence-electron chi connectivity index (χ4n) is 2.13. The summed E-state index contributed by atoms with van der Waals surface area (Å²) in [6, 6.07) is 3.61. The molecular weight excluding hydrogens is 257 g/mol. The molecule has 18 heavy (non-hydrogen) atoms. The summed E-state index contributed by atoms with van der Waals surface area (Å²) in [7, 11) is -2.95. The van der Waals surface area contributed by atoms with Gasteiger partial charge < -0.3 is 10.4 Å². The number of aromatic hydroxyl groups is 1. The van der Waals surface area contributed by atoms with Crippen LogP contribution < -0.4 is 5.32 Å². The molecule has 1 heterocycles. The van der Waals surface area contributed by atoms with Crippen LogP contribution in [-0.2, 0) is 16.4 Å². The highest BCUT2D eigenvalue weighted by atomic mass is 32.2. The highest BCUT2D eigenvalue weighted by Gasteiger charge is 2.24. The van der Waals surface area contributed by atoms with Crippen LogP contribution in [0.4, 0.5) is 4.39 Å². The summed E-state index contributed by atoms with van der Waals surface area (Å²) in [6.07, 6.45) is 1.43. The lowest BCUT2D eigenvalue weighted by Crippen LogP contribution is -2.39. The minimum atomic E-state index is -2.95. The Hall–Kier alpha value is -1.14.